The van der Waals surface area contributed by atoms with Crippen molar-refractivity contribution in [1.82, 2.24) is 5.32 Å². The van der Waals surface area contributed by atoms with Crippen molar-refractivity contribution >= 4 is 11.9 Å². The van der Waals surface area contributed by atoms with Gasteiger partial charge in [0, 0.05) is 12.1 Å². The van der Waals surface area contributed by atoms with Gasteiger partial charge in [-0.3, -0.25) is 4.79 Å². The van der Waals surface area contributed by atoms with Gasteiger partial charge in [-0.15, -0.1) is 0 Å². The van der Waals surface area contributed by atoms with Gasteiger partial charge < -0.3 is 14.5 Å². The van der Waals surface area contributed by atoms with Crippen molar-refractivity contribution in [3.05, 3.63) is 47.7 Å². The van der Waals surface area contributed by atoms with Crippen molar-refractivity contribution < 1.29 is 31.9 Å². The Morgan fingerprint density at radius 1 is 1.23 bits per heavy atom. The second kappa shape index (κ2) is 8.20. The summed E-state index contributed by atoms with van der Waals surface area (Å²) in [5.41, 5.74) is -0.697. The summed E-state index contributed by atoms with van der Waals surface area (Å²) >= 11 is 0. The van der Waals surface area contributed by atoms with Gasteiger partial charge >= 0.3 is 12.1 Å². The van der Waals surface area contributed by atoms with E-state index in [0.717, 1.165) is 12.1 Å². The number of nitrogens with zero attached hydrogens (tertiary/aromatic N) is 1. The van der Waals surface area contributed by atoms with E-state index in [1.807, 2.05) is 6.07 Å². The number of carbonyl (C=O) groups is 2. The largest absolute Gasteiger partial charge is 0.450 e. The first-order valence-corrected chi connectivity index (χ1v) is 7.39. The molecule has 0 atom stereocenters. The molecule has 1 aromatic carbocycles. The maximum Gasteiger partial charge on any atom is 0.416 e. The van der Waals surface area contributed by atoms with Gasteiger partial charge in [-0.25, -0.2) is 4.79 Å². The van der Waals surface area contributed by atoms with E-state index < -0.39 is 30.2 Å². The molecule has 0 unspecified atom stereocenters. The van der Waals surface area contributed by atoms with E-state index in [0.29, 0.717) is 0 Å². The molecule has 0 spiro atoms. The molecule has 1 heterocycles. The molecule has 136 valence electrons. The zero-order chi connectivity index (χ0) is 19.2. The quantitative estimate of drug-likeness (QED) is 0.626. The van der Waals surface area contributed by atoms with Crippen LogP contribution >= 0.6 is 0 Å². The molecule has 2 aromatic rings. The molecule has 0 aliphatic carbocycles. The predicted octanol–water partition coefficient (Wildman–Crippen LogP) is 3.15. The van der Waals surface area contributed by atoms with Crippen LogP contribution in [0.15, 0.2) is 40.8 Å². The normalized spacial score (nSPS) is 10.8. The van der Waals surface area contributed by atoms with E-state index in [9.17, 15) is 22.8 Å². The van der Waals surface area contributed by atoms with Crippen molar-refractivity contribution in [2.24, 2.45) is 0 Å². The van der Waals surface area contributed by atoms with Crippen LogP contribution in [-0.2, 0) is 15.7 Å². The maximum atomic E-state index is 12.7. The summed E-state index contributed by atoms with van der Waals surface area (Å²) in [6.07, 6.45) is -4.37. The molecule has 0 radical (unpaired) electrons. The molecule has 2 rings (SSSR count). The standard InChI is InChI=1S/C17H13F3N2O4/c18-17(19,20)12-4-1-3-11(9-12)13-5-6-14(26-13)16(24)25-10-15(23)22-8-2-7-21/h1,3-6,9H,2,8,10H2,(H,22,23). The van der Waals surface area contributed by atoms with Crippen molar-refractivity contribution in [1.29, 1.82) is 5.26 Å². The van der Waals surface area contributed by atoms with Gasteiger partial charge in [0.2, 0.25) is 5.76 Å². The van der Waals surface area contributed by atoms with Crippen LogP contribution in [0.25, 0.3) is 11.3 Å². The van der Waals surface area contributed by atoms with E-state index in [4.69, 9.17) is 14.4 Å². The van der Waals surface area contributed by atoms with Gasteiger partial charge in [0.15, 0.2) is 6.61 Å². The first-order valence-electron chi connectivity index (χ1n) is 7.39. The van der Waals surface area contributed by atoms with Gasteiger partial charge in [-0.2, -0.15) is 18.4 Å². The van der Waals surface area contributed by atoms with Crippen LogP contribution in [0.5, 0.6) is 0 Å². The molecule has 26 heavy (non-hydrogen) atoms. The molecular formula is C17H13F3N2O4. The van der Waals surface area contributed by atoms with Crippen LogP contribution in [0.2, 0.25) is 0 Å². The number of benzene rings is 1. The fourth-order valence-corrected chi connectivity index (χ4v) is 1.96. The average molecular weight is 366 g/mol. The van der Waals surface area contributed by atoms with Gasteiger partial charge in [0.05, 0.1) is 18.1 Å². The van der Waals surface area contributed by atoms with Crippen LogP contribution < -0.4 is 5.32 Å². The molecule has 0 aliphatic rings. The number of nitrogens with one attached hydrogen (secondary N) is 1. The molecule has 9 heteroatoms. The Balaban J connectivity index is 2.00. The Labute approximate surface area is 146 Å². The van der Waals surface area contributed by atoms with Crippen LogP contribution in [0.3, 0.4) is 0 Å². The fraction of sp³-hybridized carbons (Fsp3) is 0.235. The second-order valence-electron chi connectivity index (χ2n) is 5.08. The third kappa shape index (κ3) is 5.11. The van der Waals surface area contributed by atoms with Crippen molar-refractivity contribution in [3.63, 3.8) is 0 Å². The number of alkyl halides is 3. The lowest BCUT2D eigenvalue weighted by molar-refractivity contribution is -0.137. The maximum absolute atomic E-state index is 12.7. The Hall–Kier alpha value is -3.28. The minimum atomic E-state index is -4.50. The van der Waals surface area contributed by atoms with Crippen LogP contribution in [0.4, 0.5) is 13.2 Å². The van der Waals surface area contributed by atoms with E-state index in [1.165, 1.54) is 24.3 Å². The highest BCUT2D eigenvalue weighted by molar-refractivity contribution is 5.89. The van der Waals surface area contributed by atoms with Gasteiger partial charge in [-0.05, 0) is 24.3 Å². The minimum Gasteiger partial charge on any atom is -0.450 e. The first kappa shape index (κ1) is 19.1. The smallest absolute Gasteiger partial charge is 0.416 e. The number of nitriles is 1. The number of hydrogen-bond acceptors (Lipinski definition) is 5. The number of hydrogen-bond donors (Lipinski definition) is 1. The predicted molar refractivity (Wildman–Crippen MR) is 82.7 cm³/mol. The Kier molecular flexibility index (Phi) is 6.01. The van der Waals surface area contributed by atoms with E-state index in [-0.39, 0.29) is 30.0 Å². The molecule has 0 bridgehead atoms. The van der Waals surface area contributed by atoms with Crippen LogP contribution in [0, 0.1) is 11.3 Å². The topological polar surface area (TPSA) is 92.3 Å². The highest BCUT2D eigenvalue weighted by Gasteiger charge is 2.30. The Bertz CT molecular complexity index is 837. The van der Waals surface area contributed by atoms with Crippen molar-refractivity contribution in [2.45, 2.75) is 12.6 Å². The summed E-state index contributed by atoms with van der Waals surface area (Å²) in [6, 6.07) is 8.87. The van der Waals surface area contributed by atoms with Gasteiger partial charge in [-0.1, -0.05) is 12.1 Å². The molecule has 0 saturated heterocycles. The lowest BCUT2D eigenvalue weighted by atomic mass is 10.1. The lowest BCUT2D eigenvalue weighted by Gasteiger charge is -2.07. The van der Waals surface area contributed by atoms with Gasteiger partial charge in [0.25, 0.3) is 5.91 Å². The number of esters is 1. The number of amides is 1. The van der Waals surface area contributed by atoms with E-state index >= 15 is 0 Å². The highest BCUT2D eigenvalue weighted by Crippen LogP contribution is 2.32. The van der Waals surface area contributed by atoms with Crippen molar-refractivity contribution in [3.8, 4) is 17.4 Å². The minimum absolute atomic E-state index is 0.0570. The number of halogens is 3. The lowest BCUT2D eigenvalue weighted by Crippen LogP contribution is -2.29. The third-order valence-corrected chi connectivity index (χ3v) is 3.17. The number of carbonyl (C=O) groups excluding carboxylic acids is 2. The zero-order valence-electron chi connectivity index (χ0n) is 13.3. The number of ether oxygens (including phenoxy) is 1. The summed E-state index contributed by atoms with van der Waals surface area (Å²) in [6.45, 7) is -0.433. The molecule has 6 nitrogen and oxygen atoms in total. The summed E-state index contributed by atoms with van der Waals surface area (Å²) in [5.74, 6) is -1.71. The van der Waals surface area contributed by atoms with E-state index in [2.05, 4.69) is 5.32 Å². The monoisotopic (exact) mass is 366 g/mol. The SMILES string of the molecule is N#CCCNC(=O)COC(=O)c1ccc(-c2cccc(C(F)(F)F)c2)o1. The first-order chi connectivity index (χ1) is 12.3. The summed E-state index contributed by atoms with van der Waals surface area (Å²) in [4.78, 5) is 23.2. The van der Waals surface area contributed by atoms with E-state index in [1.54, 1.807) is 0 Å². The Morgan fingerprint density at radius 3 is 2.69 bits per heavy atom. The third-order valence-electron chi connectivity index (χ3n) is 3.17. The number of rotatable bonds is 6. The summed E-state index contributed by atoms with van der Waals surface area (Å²) in [5, 5.41) is 10.7. The summed E-state index contributed by atoms with van der Waals surface area (Å²) in [7, 11) is 0. The van der Waals surface area contributed by atoms with Crippen LogP contribution in [-0.4, -0.2) is 25.0 Å². The zero-order valence-corrected chi connectivity index (χ0v) is 13.3. The molecular weight excluding hydrogens is 353 g/mol. The molecule has 1 N–H and O–H groups in total. The molecule has 0 fully saturated rings. The highest BCUT2D eigenvalue weighted by atomic mass is 19.4. The van der Waals surface area contributed by atoms with Crippen LogP contribution in [0.1, 0.15) is 22.5 Å². The molecule has 1 aromatic heterocycles. The molecule has 0 aliphatic heterocycles. The number of furan rings is 1. The molecule has 1 amide bonds. The average Bonchev–Trinajstić information content (AvgIpc) is 3.09. The summed E-state index contributed by atoms with van der Waals surface area (Å²) < 4.78 is 48.2. The van der Waals surface area contributed by atoms with Crippen molar-refractivity contribution in [2.75, 3.05) is 13.2 Å². The van der Waals surface area contributed by atoms with Gasteiger partial charge in [0.1, 0.15) is 5.76 Å². The second-order valence-corrected chi connectivity index (χ2v) is 5.08. The molecule has 0 saturated carbocycles. The Morgan fingerprint density at radius 2 is 2.00 bits per heavy atom. The fourth-order valence-electron chi connectivity index (χ4n) is 1.96.